The first-order valence-corrected chi connectivity index (χ1v) is 9.19. The van der Waals surface area contributed by atoms with Gasteiger partial charge in [0.1, 0.15) is 5.25 Å². The molecule has 0 aliphatic heterocycles. The van der Waals surface area contributed by atoms with Crippen LogP contribution in [0, 0.1) is 0 Å². The molecule has 0 bridgehead atoms. The van der Waals surface area contributed by atoms with Gasteiger partial charge in [0, 0.05) is 18.0 Å². The third-order valence-electron chi connectivity index (χ3n) is 3.96. The highest BCUT2D eigenvalue weighted by atomic mass is 32.2. The van der Waals surface area contributed by atoms with Gasteiger partial charge in [-0.1, -0.05) is 55.5 Å². The zero-order valence-corrected chi connectivity index (χ0v) is 14.7. The van der Waals surface area contributed by atoms with E-state index in [0.717, 1.165) is 33.6 Å². The highest BCUT2D eigenvalue weighted by Crippen LogP contribution is 2.37. The highest BCUT2D eigenvalue weighted by molar-refractivity contribution is 8.00. The molecule has 4 heteroatoms. The molecule has 0 spiro atoms. The monoisotopic (exact) mass is 349 g/mol. The van der Waals surface area contributed by atoms with Crippen LogP contribution in [-0.2, 0) is 4.79 Å². The number of carboxylic acids is 1. The molecule has 0 radical (unpaired) electrons. The number of hydrogen-bond donors (Lipinski definition) is 1. The molecular weight excluding hydrogens is 330 g/mol. The van der Waals surface area contributed by atoms with E-state index in [-0.39, 0.29) is 0 Å². The summed E-state index contributed by atoms with van der Waals surface area (Å²) in [6.07, 6.45) is 3.55. The van der Waals surface area contributed by atoms with Gasteiger partial charge in [-0.15, -0.1) is 11.8 Å². The Kier molecular flexibility index (Phi) is 5.51. The van der Waals surface area contributed by atoms with Gasteiger partial charge in [-0.2, -0.15) is 0 Å². The molecule has 1 N–H and O–H groups in total. The summed E-state index contributed by atoms with van der Waals surface area (Å²) in [5, 5.41) is 9.01. The summed E-state index contributed by atoms with van der Waals surface area (Å²) in [6.45, 7) is 1.97. The second-order valence-electron chi connectivity index (χ2n) is 5.59. The van der Waals surface area contributed by atoms with E-state index in [1.54, 1.807) is 6.20 Å². The first-order chi connectivity index (χ1) is 12.2. The van der Waals surface area contributed by atoms with Crippen molar-refractivity contribution in [1.82, 2.24) is 4.98 Å². The van der Waals surface area contributed by atoms with Crippen molar-refractivity contribution < 1.29 is 9.90 Å². The van der Waals surface area contributed by atoms with E-state index in [1.807, 2.05) is 61.7 Å². The standard InChI is InChI=1S/C21H19NO2S/c1-2-25-20(21(23)24)16-10-11-18(15-7-4-3-5-8-15)19(13-16)17-9-6-12-22-14-17/h3-14,20H,2H2,1H3,(H,23,24). The van der Waals surface area contributed by atoms with E-state index in [1.165, 1.54) is 11.8 Å². The van der Waals surface area contributed by atoms with Crippen LogP contribution in [0.25, 0.3) is 22.3 Å². The van der Waals surface area contributed by atoms with Gasteiger partial charge in [-0.3, -0.25) is 9.78 Å². The summed E-state index contributed by atoms with van der Waals surface area (Å²) in [5.41, 5.74) is 4.96. The maximum Gasteiger partial charge on any atom is 0.321 e. The maximum absolute atomic E-state index is 11.7. The Bertz CT molecular complexity index is 850. The molecule has 1 aromatic heterocycles. The molecule has 0 aliphatic rings. The molecule has 3 aromatic rings. The summed E-state index contributed by atoms with van der Waals surface area (Å²) < 4.78 is 0. The molecule has 3 nitrogen and oxygen atoms in total. The Hall–Kier alpha value is -2.59. The molecule has 0 saturated heterocycles. The van der Waals surface area contributed by atoms with Crippen molar-refractivity contribution in [2.75, 3.05) is 5.75 Å². The minimum atomic E-state index is -0.809. The number of nitrogens with zero attached hydrogens (tertiary/aromatic N) is 1. The molecule has 3 rings (SSSR count). The van der Waals surface area contributed by atoms with Crippen molar-refractivity contribution in [2.24, 2.45) is 0 Å². The third kappa shape index (κ3) is 3.91. The lowest BCUT2D eigenvalue weighted by Crippen LogP contribution is -2.08. The number of benzene rings is 2. The molecule has 1 atom stereocenters. The van der Waals surface area contributed by atoms with Crippen LogP contribution in [-0.4, -0.2) is 21.8 Å². The fourth-order valence-electron chi connectivity index (χ4n) is 2.83. The number of aliphatic carboxylic acids is 1. The van der Waals surface area contributed by atoms with Gasteiger partial charge in [0.25, 0.3) is 0 Å². The Labute approximate surface area is 151 Å². The van der Waals surface area contributed by atoms with E-state index >= 15 is 0 Å². The van der Waals surface area contributed by atoms with Crippen LogP contribution in [0.15, 0.2) is 73.1 Å². The number of rotatable bonds is 6. The number of carboxylic acid groups (broad SMARTS) is 1. The molecule has 126 valence electrons. The molecule has 0 amide bonds. The van der Waals surface area contributed by atoms with Gasteiger partial charge in [0.15, 0.2) is 0 Å². The van der Waals surface area contributed by atoms with E-state index in [2.05, 4.69) is 17.1 Å². The highest BCUT2D eigenvalue weighted by Gasteiger charge is 2.21. The topological polar surface area (TPSA) is 50.2 Å². The Morgan fingerprint density at radius 1 is 1.04 bits per heavy atom. The molecule has 0 saturated carbocycles. The SMILES string of the molecule is CCSC(C(=O)O)c1ccc(-c2ccccc2)c(-c2cccnc2)c1. The second-order valence-corrected chi connectivity index (χ2v) is 6.97. The van der Waals surface area contributed by atoms with E-state index in [0.29, 0.717) is 0 Å². The first-order valence-electron chi connectivity index (χ1n) is 8.15. The lowest BCUT2D eigenvalue weighted by atomic mass is 9.93. The van der Waals surface area contributed by atoms with Crippen molar-refractivity contribution in [2.45, 2.75) is 12.2 Å². The molecule has 1 unspecified atom stereocenters. The first kappa shape index (κ1) is 17.2. The molecule has 2 aromatic carbocycles. The fraction of sp³-hybridized carbons (Fsp3) is 0.143. The smallest absolute Gasteiger partial charge is 0.321 e. The Morgan fingerprint density at radius 2 is 1.80 bits per heavy atom. The summed E-state index contributed by atoms with van der Waals surface area (Å²) in [4.78, 5) is 15.9. The summed E-state index contributed by atoms with van der Waals surface area (Å²) in [6, 6.07) is 19.9. The number of thioether (sulfide) groups is 1. The van der Waals surface area contributed by atoms with Crippen LogP contribution in [0.2, 0.25) is 0 Å². The van der Waals surface area contributed by atoms with Gasteiger partial charge >= 0.3 is 5.97 Å². The van der Waals surface area contributed by atoms with E-state index in [4.69, 9.17) is 0 Å². The van der Waals surface area contributed by atoms with Crippen LogP contribution < -0.4 is 0 Å². The number of pyridine rings is 1. The van der Waals surface area contributed by atoms with Crippen LogP contribution >= 0.6 is 11.8 Å². The van der Waals surface area contributed by atoms with Crippen molar-refractivity contribution in [3.05, 3.63) is 78.6 Å². The zero-order valence-electron chi connectivity index (χ0n) is 13.9. The summed E-state index contributed by atoms with van der Waals surface area (Å²) >= 11 is 1.43. The second kappa shape index (κ2) is 7.99. The molecule has 1 heterocycles. The van der Waals surface area contributed by atoms with Crippen LogP contribution in [0.4, 0.5) is 0 Å². The van der Waals surface area contributed by atoms with Gasteiger partial charge in [0.2, 0.25) is 0 Å². The van der Waals surface area contributed by atoms with E-state index in [9.17, 15) is 9.90 Å². The predicted octanol–water partition coefficient (Wildman–Crippen LogP) is 5.29. The number of carbonyl (C=O) groups is 1. The fourth-order valence-corrected chi connectivity index (χ4v) is 3.65. The summed E-state index contributed by atoms with van der Waals surface area (Å²) in [7, 11) is 0. The van der Waals surface area contributed by atoms with Gasteiger partial charge in [0.05, 0.1) is 0 Å². The molecule has 0 fully saturated rings. The van der Waals surface area contributed by atoms with Crippen molar-refractivity contribution in [1.29, 1.82) is 0 Å². The number of aromatic nitrogens is 1. The lowest BCUT2D eigenvalue weighted by molar-refractivity contribution is -0.136. The number of hydrogen-bond acceptors (Lipinski definition) is 3. The van der Waals surface area contributed by atoms with Crippen LogP contribution in [0.5, 0.6) is 0 Å². The average Bonchev–Trinajstić information content (AvgIpc) is 2.67. The Balaban J connectivity index is 2.16. The van der Waals surface area contributed by atoms with Crippen LogP contribution in [0.3, 0.4) is 0 Å². The minimum Gasteiger partial charge on any atom is -0.480 e. The molecule has 0 aliphatic carbocycles. The van der Waals surface area contributed by atoms with E-state index < -0.39 is 11.2 Å². The van der Waals surface area contributed by atoms with Crippen molar-refractivity contribution in [3.8, 4) is 22.3 Å². The zero-order chi connectivity index (χ0) is 17.6. The van der Waals surface area contributed by atoms with Gasteiger partial charge in [-0.05, 0) is 40.1 Å². The lowest BCUT2D eigenvalue weighted by Gasteiger charge is -2.16. The largest absolute Gasteiger partial charge is 0.480 e. The van der Waals surface area contributed by atoms with Crippen molar-refractivity contribution >= 4 is 17.7 Å². The predicted molar refractivity (Wildman–Crippen MR) is 104 cm³/mol. The van der Waals surface area contributed by atoms with Crippen LogP contribution in [0.1, 0.15) is 17.7 Å². The summed E-state index contributed by atoms with van der Waals surface area (Å²) in [5.74, 6) is -0.0592. The van der Waals surface area contributed by atoms with Gasteiger partial charge < -0.3 is 5.11 Å². The molecular formula is C21H19NO2S. The normalized spacial score (nSPS) is 11.9. The Morgan fingerprint density at radius 3 is 2.44 bits per heavy atom. The average molecular weight is 349 g/mol. The molecule has 25 heavy (non-hydrogen) atoms. The van der Waals surface area contributed by atoms with Crippen molar-refractivity contribution in [3.63, 3.8) is 0 Å². The third-order valence-corrected chi connectivity index (χ3v) is 5.10. The minimum absolute atomic E-state index is 0.565. The maximum atomic E-state index is 11.7. The quantitative estimate of drug-likeness (QED) is 0.656. The van der Waals surface area contributed by atoms with Gasteiger partial charge in [-0.25, -0.2) is 0 Å².